The van der Waals surface area contributed by atoms with E-state index in [9.17, 15) is 8.42 Å². The summed E-state index contributed by atoms with van der Waals surface area (Å²) in [5.41, 5.74) is 6.13. The van der Waals surface area contributed by atoms with Gasteiger partial charge in [0.2, 0.25) is 0 Å². The number of nitrogens with one attached hydrogen (secondary N) is 1. The van der Waals surface area contributed by atoms with Gasteiger partial charge >= 0.3 is 0 Å². The summed E-state index contributed by atoms with van der Waals surface area (Å²) in [5.74, 6) is 0.870. The van der Waals surface area contributed by atoms with Crippen LogP contribution in [0.4, 0.5) is 11.5 Å². The average molecular weight is 536 g/mol. The monoisotopic (exact) mass is 535 g/mol. The number of hydrogen-bond donors (Lipinski definition) is 1. The molecule has 6 rings (SSSR count). The minimum Gasteiger partial charge on any atom is -0.368 e. The first-order valence-electron chi connectivity index (χ1n) is 12.5. The van der Waals surface area contributed by atoms with Gasteiger partial charge in [-0.2, -0.15) is 10.4 Å². The predicted molar refractivity (Wildman–Crippen MR) is 151 cm³/mol. The molecule has 1 fully saturated rings. The molecule has 1 aliphatic rings. The second-order valence-electron chi connectivity index (χ2n) is 9.52. The van der Waals surface area contributed by atoms with Crippen LogP contribution in [-0.2, 0) is 9.84 Å². The van der Waals surface area contributed by atoms with Gasteiger partial charge in [-0.15, -0.1) is 0 Å². The SMILES string of the molecule is CS(=O)(=O)c1cccc(N2CCN(c3ncnc4ccc(-c5cn[nH]c5-c5ccc(C#N)cc5)cc34)CC2)c1. The van der Waals surface area contributed by atoms with Gasteiger partial charge in [-0.05, 0) is 48.0 Å². The third kappa shape index (κ3) is 4.80. The minimum atomic E-state index is -3.26. The first-order valence-corrected chi connectivity index (χ1v) is 14.4. The number of piperazine rings is 1. The molecule has 0 spiro atoms. The number of aromatic amines is 1. The number of sulfone groups is 1. The highest BCUT2D eigenvalue weighted by Crippen LogP contribution is 2.34. The predicted octanol–water partition coefficient (Wildman–Crippen LogP) is 4.29. The summed E-state index contributed by atoms with van der Waals surface area (Å²) in [7, 11) is -3.26. The van der Waals surface area contributed by atoms with Gasteiger partial charge in [0.05, 0.1) is 33.9 Å². The molecule has 3 aromatic carbocycles. The van der Waals surface area contributed by atoms with Gasteiger partial charge in [0.15, 0.2) is 9.84 Å². The molecule has 1 N–H and O–H groups in total. The zero-order chi connectivity index (χ0) is 27.0. The van der Waals surface area contributed by atoms with E-state index in [1.54, 1.807) is 36.7 Å². The van der Waals surface area contributed by atoms with Crippen LogP contribution >= 0.6 is 0 Å². The highest BCUT2D eigenvalue weighted by molar-refractivity contribution is 7.90. The van der Waals surface area contributed by atoms with Crippen LogP contribution in [0, 0.1) is 11.3 Å². The van der Waals surface area contributed by atoms with Crippen LogP contribution in [0.5, 0.6) is 0 Å². The van der Waals surface area contributed by atoms with Gasteiger partial charge in [0.25, 0.3) is 0 Å². The fourth-order valence-electron chi connectivity index (χ4n) is 4.99. The Hall–Kier alpha value is -4.75. The minimum absolute atomic E-state index is 0.330. The van der Waals surface area contributed by atoms with Crippen molar-refractivity contribution < 1.29 is 8.42 Å². The van der Waals surface area contributed by atoms with Gasteiger partial charge in [0, 0.05) is 54.6 Å². The van der Waals surface area contributed by atoms with Crippen LogP contribution in [0.25, 0.3) is 33.3 Å². The lowest BCUT2D eigenvalue weighted by Crippen LogP contribution is -2.47. The molecule has 39 heavy (non-hydrogen) atoms. The Labute approximate surface area is 226 Å². The Balaban J connectivity index is 1.28. The number of hydrogen-bond acceptors (Lipinski definition) is 8. The van der Waals surface area contributed by atoms with Crippen molar-refractivity contribution in [3.8, 4) is 28.5 Å². The van der Waals surface area contributed by atoms with E-state index in [4.69, 9.17) is 5.26 Å². The molecular formula is C29H25N7O2S. The van der Waals surface area contributed by atoms with Gasteiger partial charge < -0.3 is 9.80 Å². The maximum atomic E-state index is 12.0. The smallest absolute Gasteiger partial charge is 0.175 e. The quantitative estimate of drug-likeness (QED) is 0.354. The summed E-state index contributed by atoms with van der Waals surface area (Å²) < 4.78 is 24.0. The largest absolute Gasteiger partial charge is 0.368 e. The van der Waals surface area contributed by atoms with E-state index in [0.29, 0.717) is 10.5 Å². The molecule has 0 unspecified atom stereocenters. The third-order valence-electron chi connectivity index (χ3n) is 7.06. The molecule has 5 aromatic rings. The van der Waals surface area contributed by atoms with Gasteiger partial charge in [-0.3, -0.25) is 5.10 Å². The first kappa shape index (κ1) is 24.6. The number of anilines is 2. The van der Waals surface area contributed by atoms with Gasteiger partial charge in [-0.1, -0.05) is 24.3 Å². The number of fused-ring (bicyclic) bond motifs is 1. The van der Waals surface area contributed by atoms with E-state index in [0.717, 1.165) is 71.0 Å². The van der Waals surface area contributed by atoms with Gasteiger partial charge in [-0.25, -0.2) is 18.4 Å². The van der Waals surface area contributed by atoms with Crippen molar-refractivity contribution in [2.24, 2.45) is 0 Å². The molecule has 1 saturated heterocycles. The van der Waals surface area contributed by atoms with Crippen LogP contribution in [0.3, 0.4) is 0 Å². The lowest BCUT2D eigenvalue weighted by Gasteiger charge is -2.37. The maximum Gasteiger partial charge on any atom is 0.175 e. The zero-order valence-electron chi connectivity index (χ0n) is 21.2. The van der Waals surface area contributed by atoms with Crippen LogP contribution in [0.15, 0.2) is 84.1 Å². The second-order valence-corrected chi connectivity index (χ2v) is 11.5. The summed E-state index contributed by atoms with van der Waals surface area (Å²) in [4.78, 5) is 13.9. The Morgan fingerprint density at radius 2 is 1.64 bits per heavy atom. The van der Waals surface area contributed by atoms with Crippen LogP contribution in [-0.4, -0.2) is 61.0 Å². The molecule has 3 heterocycles. The van der Waals surface area contributed by atoms with E-state index >= 15 is 0 Å². The normalized spacial score (nSPS) is 13.9. The summed E-state index contributed by atoms with van der Waals surface area (Å²) >= 11 is 0. The number of H-pyrrole nitrogens is 1. The van der Waals surface area contributed by atoms with Crippen molar-refractivity contribution in [3.63, 3.8) is 0 Å². The van der Waals surface area contributed by atoms with E-state index in [-0.39, 0.29) is 0 Å². The van der Waals surface area contributed by atoms with E-state index < -0.39 is 9.84 Å². The molecule has 1 aliphatic heterocycles. The molecule has 194 valence electrons. The fraction of sp³-hybridized carbons (Fsp3) is 0.172. The third-order valence-corrected chi connectivity index (χ3v) is 8.17. The second kappa shape index (κ2) is 9.85. The summed E-state index contributed by atoms with van der Waals surface area (Å²) in [6.45, 7) is 2.95. The van der Waals surface area contributed by atoms with Crippen molar-refractivity contribution in [2.45, 2.75) is 4.90 Å². The Kier molecular flexibility index (Phi) is 6.21. The number of nitriles is 1. The summed E-state index contributed by atoms with van der Waals surface area (Å²) in [5, 5.41) is 17.5. The fourth-order valence-corrected chi connectivity index (χ4v) is 5.65. The average Bonchev–Trinajstić information content (AvgIpc) is 3.46. The zero-order valence-corrected chi connectivity index (χ0v) is 22.1. The molecule has 0 atom stereocenters. The highest BCUT2D eigenvalue weighted by Gasteiger charge is 2.22. The number of rotatable bonds is 5. The lowest BCUT2D eigenvalue weighted by atomic mass is 9.99. The van der Waals surface area contributed by atoms with Crippen molar-refractivity contribution in [1.82, 2.24) is 20.2 Å². The van der Waals surface area contributed by atoms with Crippen LogP contribution in [0.2, 0.25) is 0 Å². The van der Waals surface area contributed by atoms with E-state index in [2.05, 4.69) is 42.1 Å². The molecule has 0 aliphatic carbocycles. The Bertz CT molecular complexity index is 1820. The Morgan fingerprint density at radius 1 is 0.897 bits per heavy atom. The number of nitrogens with zero attached hydrogens (tertiary/aromatic N) is 6. The highest BCUT2D eigenvalue weighted by atomic mass is 32.2. The van der Waals surface area contributed by atoms with E-state index in [1.807, 2.05) is 36.5 Å². The topological polar surface area (TPSA) is 119 Å². The van der Waals surface area contributed by atoms with Gasteiger partial charge in [0.1, 0.15) is 12.1 Å². The molecule has 0 radical (unpaired) electrons. The molecule has 2 aromatic heterocycles. The molecule has 0 amide bonds. The maximum absolute atomic E-state index is 12.0. The standard InChI is InChI=1S/C29H25N7O2S/c1-39(37,38)24-4-2-3-23(16-24)35-11-13-36(14-12-35)29-25-15-22(9-10-27(25)31-19-32-29)26-18-33-34-28(26)21-7-5-20(17-30)6-8-21/h2-10,15-16,18-19H,11-14H2,1H3,(H,33,34). The molecular weight excluding hydrogens is 510 g/mol. The molecule has 10 heteroatoms. The van der Waals surface area contributed by atoms with Crippen molar-refractivity contribution in [2.75, 3.05) is 42.2 Å². The first-order chi connectivity index (χ1) is 18.9. The summed E-state index contributed by atoms with van der Waals surface area (Å²) in [6, 6.07) is 22.8. The molecule has 0 bridgehead atoms. The molecule has 0 saturated carbocycles. The Morgan fingerprint density at radius 3 is 2.38 bits per heavy atom. The van der Waals surface area contributed by atoms with Crippen LogP contribution < -0.4 is 9.80 Å². The van der Waals surface area contributed by atoms with Crippen molar-refractivity contribution in [1.29, 1.82) is 5.26 Å². The van der Waals surface area contributed by atoms with Crippen LogP contribution in [0.1, 0.15) is 5.56 Å². The lowest BCUT2D eigenvalue weighted by molar-refractivity contribution is 0.601. The van der Waals surface area contributed by atoms with E-state index in [1.165, 1.54) is 6.26 Å². The van der Waals surface area contributed by atoms with Crippen molar-refractivity contribution in [3.05, 3.63) is 84.8 Å². The molecule has 9 nitrogen and oxygen atoms in total. The number of benzene rings is 3. The summed E-state index contributed by atoms with van der Waals surface area (Å²) in [6.07, 6.45) is 4.64. The number of aromatic nitrogens is 4. The van der Waals surface area contributed by atoms with Crippen molar-refractivity contribution >= 4 is 32.2 Å².